The van der Waals surface area contributed by atoms with Crippen molar-refractivity contribution in [3.8, 4) is 5.75 Å². The maximum atomic E-state index is 13.4. The van der Waals surface area contributed by atoms with Gasteiger partial charge in [0.05, 0.1) is 30.8 Å². The molecule has 0 aromatic heterocycles. The molecule has 0 bridgehead atoms. The molecule has 0 radical (unpaired) electrons. The minimum atomic E-state index is -1.63. The lowest BCUT2D eigenvalue weighted by Gasteiger charge is -2.55. The third-order valence-electron chi connectivity index (χ3n) is 8.48. The van der Waals surface area contributed by atoms with E-state index >= 15 is 0 Å². The summed E-state index contributed by atoms with van der Waals surface area (Å²) in [5.74, 6) is 0.318. The second-order valence-corrected chi connectivity index (χ2v) is 12.6. The summed E-state index contributed by atoms with van der Waals surface area (Å²) in [6.07, 6.45) is 3.05. The molecule has 0 aliphatic heterocycles. The lowest BCUT2D eigenvalue weighted by molar-refractivity contribution is -0.231. The van der Waals surface area contributed by atoms with Crippen LogP contribution < -0.4 is 4.74 Å². The van der Waals surface area contributed by atoms with Crippen molar-refractivity contribution in [1.29, 1.82) is 0 Å². The minimum Gasteiger partial charge on any atom is -0.491 e. The van der Waals surface area contributed by atoms with E-state index in [0.717, 1.165) is 36.1 Å². The molecular formula is C36H46O5. The molecule has 1 aliphatic rings. The number of aliphatic hydroxyl groups is 1. The Bertz CT molecular complexity index is 1280. The number of fused-ring (bicyclic) bond motifs is 1. The number of esters is 1. The summed E-state index contributed by atoms with van der Waals surface area (Å²) in [5.41, 5.74) is 0.605. The van der Waals surface area contributed by atoms with E-state index in [1.54, 1.807) is 20.8 Å². The fraction of sp³-hybridized carbons (Fsp3) is 0.472. The third kappa shape index (κ3) is 6.68. The van der Waals surface area contributed by atoms with Crippen LogP contribution in [0, 0.1) is 10.8 Å². The van der Waals surface area contributed by atoms with Crippen molar-refractivity contribution < 1.29 is 24.1 Å². The Morgan fingerprint density at radius 1 is 1.00 bits per heavy atom. The minimum absolute atomic E-state index is 0.0465. The van der Waals surface area contributed by atoms with Crippen LogP contribution in [-0.4, -0.2) is 29.9 Å². The molecule has 1 N–H and O–H groups in total. The van der Waals surface area contributed by atoms with E-state index in [0.29, 0.717) is 18.6 Å². The molecule has 5 heteroatoms. The topological polar surface area (TPSA) is 65.0 Å². The highest BCUT2D eigenvalue weighted by atomic mass is 16.5. The Kier molecular flexibility index (Phi) is 9.61. The summed E-state index contributed by atoms with van der Waals surface area (Å²) in [6.45, 7) is 12.1. The molecule has 41 heavy (non-hydrogen) atoms. The van der Waals surface area contributed by atoms with Gasteiger partial charge in [-0.3, -0.25) is 4.79 Å². The molecule has 220 valence electrons. The van der Waals surface area contributed by atoms with Gasteiger partial charge in [0.1, 0.15) is 11.4 Å². The van der Waals surface area contributed by atoms with Crippen LogP contribution in [0.15, 0.2) is 78.9 Å². The molecule has 0 saturated carbocycles. The van der Waals surface area contributed by atoms with Crippen LogP contribution >= 0.6 is 0 Å². The SMILES string of the molecule is CCOC(=O)C(C)(C)C1(O)c2ccc(OC(C)CCCc3ccccc3)cc2CC(C)(C)C1OCc1ccccc1. The van der Waals surface area contributed by atoms with Gasteiger partial charge in [-0.15, -0.1) is 0 Å². The summed E-state index contributed by atoms with van der Waals surface area (Å²) in [4.78, 5) is 13.4. The number of hydrogen-bond acceptors (Lipinski definition) is 5. The maximum absolute atomic E-state index is 13.4. The van der Waals surface area contributed by atoms with Crippen LogP contribution in [0.5, 0.6) is 5.75 Å². The first-order valence-corrected chi connectivity index (χ1v) is 14.9. The molecule has 5 nitrogen and oxygen atoms in total. The number of hydrogen-bond donors (Lipinski definition) is 1. The molecular weight excluding hydrogens is 512 g/mol. The fourth-order valence-electron chi connectivity index (χ4n) is 6.21. The van der Waals surface area contributed by atoms with E-state index in [9.17, 15) is 9.90 Å². The molecule has 0 saturated heterocycles. The molecule has 4 rings (SSSR count). The van der Waals surface area contributed by atoms with E-state index in [2.05, 4.69) is 45.0 Å². The maximum Gasteiger partial charge on any atom is 0.314 e. The predicted molar refractivity (Wildman–Crippen MR) is 163 cm³/mol. The summed E-state index contributed by atoms with van der Waals surface area (Å²) >= 11 is 0. The molecule has 3 aromatic carbocycles. The Morgan fingerprint density at radius 2 is 1.63 bits per heavy atom. The van der Waals surface area contributed by atoms with Gasteiger partial charge in [-0.1, -0.05) is 80.6 Å². The number of aryl methyl sites for hydroxylation is 1. The van der Waals surface area contributed by atoms with Crippen LogP contribution in [0.4, 0.5) is 0 Å². The Hall–Kier alpha value is -3.15. The van der Waals surface area contributed by atoms with E-state index < -0.39 is 28.5 Å². The van der Waals surface area contributed by atoms with Crippen molar-refractivity contribution in [1.82, 2.24) is 0 Å². The van der Waals surface area contributed by atoms with Crippen LogP contribution in [0.1, 0.15) is 76.6 Å². The molecule has 0 amide bonds. The number of rotatable bonds is 12. The second-order valence-electron chi connectivity index (χ2n) is 12.6. The second kappa shape index (κ2) is 12.8. The highest BCUT2D eigenvalue weighted by Gasteiger charge is 2.63. The zero-order valence-corrected chi connectivity index (χ0v) is 25.5. The lowest BCUT2D eigenvalue weighted by atomic mass is 9.56. The number of ether oxygens (including phenoxy) is 3. The Labute approximate surface area is 245 Å². The smallest absolute Gasteiger partial charge is 0.314 e. The Morgan fingerprint density at radius 3 is 2.27 bits per heavy atom. The van der Waals surface area contributed by atoms with Gasteiger partial charge in [0.15, 0.2) is 0 Å². The Balaban J connectivity index is 1.61. The van der Waals surface area contributed by atoms with Gasteiger partial charge < -0.3 is 19.3 Å². The molecule has 3 aromatic rings. The summed E-state index contributed by atoms with van der Waals surface area (Å²) in [5, 5.41) is 12.8. The molecule has 3 atom stereocenters. The van der Waals surface area contributed by atoms with Gasteiger partial charge in [-0.25, -0.2) is 0 Å². The number of carbonyl (C=O) groups excluding carboxylic acids is 1. The summed E-state index contributed by atoms with van der Waals surface area (Å²) in [7, 11) is 0. The molecule has 0 spiro atoms. The van der Waals surface area contributed by atoms with Crippen molar-refractivity contribution in [3.05, 3.63) is 101 Å². The number of benzene rings is 3. The van der Waals surface area contributed by atoms with Crippen LogP contribution in [0.3, 0.4) is 0 Å². The van der Waals surface area contributed by atoms with Crippen molar-refractivity contribution in [2.45, 2.75) is 91.6 Å². The van der Waals surface area contributed by atoms with Gasteiger partial charge in [0.2, 0.25) is 0 Å². The molecule has 1 aliphatic carbocycles. The molecule has 0 heterocycles. The van der Waals surface area contributed by atoms with Crippen LogP contribution in [-0.2, 0) is 39.3 Å². The van der Waals surface area contributed by atoms with Crippen molar-refractivity contribution in [2.24, 2.45) is 10.8 Å². The fourth-order valence-corrected chi connectivity index (χ4v) is 6.21. The molecule has 0 fully saturated rings. The molecule has 3 unspecified atom stereocenters. The summed E-state index contributed by atoms with van der Waals surface area (Å²) < 4.78 is 18.4. The van der Waals surface area contributed by atoms with Gasteiger partial charge >= 0.3 is 5.97 Å². The zero-order chi connectivity index (χ0) is 29.7. The van der Waals surface area contributed by atoms with E-state index in [1.807, 2.05) is 54.6 Å². The predicted octanol–water partition coefficient (Wildman–Crippen LogP) is 7.42. The zero-order valence-electron chi connectivity index (χ0n) is 25.5. The first-order valence-electron chi connectivity index (χ1n) is 14.9. The largest absolute Gasteiger partial charge is 0.491 e. The average Bonchev–Trinajstić information content (AvgIpc) is 2.93. The first kappa shape index (κ1) is 30.8. The van der Waals surface area contributed by atoms with Crippen molar-refractivity contribution in [3.63, 3.8) is 0 Å². The first-order chi connectivity index (χ1) is 19.5. The van der Waals surface area contributed by atoms with E-state index in [1.165, 1.54) is 5.56 Å². The van der Waals surface area contributed by atoms with Gasteiger partial charge in [0.25, 0.3) is 0 Å². The van der Waals surface area contributed by atoms with Crippen molar-refractivity contribution >= 4 is 5.97 Å². The van der Waals surface area contributed by atoms with E-state index in [4.69, 9.17) is 14.2 Å². The van der Waals surface area contributed by atoms with Crippen LogP contribution in [0.2, 0.25) is 0 Å². The van der Waals surface area contributed by atoms with Gasteiger partial charge in [-0.2, -0.15) is 0 Å². The highest BCUT2D eigenvalue weighted by Crippen LogP contribution is 2.55. The third-order valence-corrected chi connectivity index (χ3v) is 8.48. The quantitative estimate of drug-likeness (QED) is 0.234. The van der Waals surface area contributed by atoms with Gasteiger partial charge in [-0.05, 0) is 93.2 Å². The number of carbonyl (C=O) groups is 1. The average molecular weight is 559 g/mol. The van der Waals surface area contributed by atoms with Crippen molar-refractivity contribution in [2.75, 3.05) is 6.61 Å². The standard InChI is InChI=1S/C36H46O5/c1-7-39-33(37)35(5,6)36(38)31-22-21-30(41-26(2)15-14-20-27-16-10-8-11-17-27)23-29(31)24-34(3,4)32(36)40-25-28-18-12-9-13-19-28/h8-13,16-19,21-23,26,32,38H,7,14-15,20,24-25H2,1-6H3. The highest BCUT2D eigenvalue weighted by molar-refractivity contribution is 5.78. The normalized spacial score (nSPS) is 20.6. The lowest BCUT2D eigenvalue weighted by Crippen LogP contribution is -2.63. The monoisotopic (exact) mass is 558 g/mol. The van der Waals surface area contributed by atoms with Gasteiger partial charge in [0, 0.05) is 0 Å². The van der Waals surface area contributed by atoms with Crippen LogP contribution in [0.25, 0.3) is 0 Å². The van der Waals surface area contributed by atoms with E-state index in [-0.39, 0.29) is 12.7 Å². The summed E-state index contributed by atoms with van der Waals surface area (Å²) in [6, 6.07) is 26.3.